The molecule has 0 atom stereocenters. The number of hydrogen-bond donors (Lipinski definition) is 2. The van der Waals surface area contributed by atoms with Crippen LogP contribution in [0.4, 0.5) is 5.69 Å². The van der Waals surface area contributed by atoms with E-state index in [1.54, 1.807) is 24.3 Å². The molecule has 0 unspecified atom stereocenters. The molecule has 0 radical (unpaired) electrons. The number of amides is 2. The molecular weight excluding hydrogens is 340 g/mol. The predicted octanol–water partition coefficient (Wildman–Crippen LogP) is 4.14. The molecule has 0 saturated carbocycles. The number of ether oxygens (including phenoxy) is 1. The Morgan fingerprint density at radius 1 is 1.04 bits per heavy atom. The zero-order valence-electron chi connectivity index (χ0n) is 16.5. The Bertz CT molecular complexity index is 782. The molecule has 0 aliphatic carbocycles. The SMILES string of the molecule is CCNC(=O)c1cccc(NC(=O)COc2ccc(C(C)(C)CC)cc2)c1. The number of nitrogens with one attached hydrogen (secondary N) is 2. The van der Waals surface area contributed by atoms with Crippen molar-refractivity contribution in [2.45, 2.75) is 39.5 Å². The van der Waals surface area contributed by atoms with Crippen LogP contribution in [-0.4, -0.2) is 25.0 Å². The van der Waals surface area contributed by atoms with Crippen molar-refractivity contribution in [3.05, 3.63) is 59.7 Å². The molecule has 5 heteroatoms. The van der Waals surface area contributed by atoms with E-state index in [0.29, 0.717) is 23.5 Å². The lowest BCUT2D eigenvalue weighted by Crippen LogP contribution is -2.23. The largest absolute Gasteiger partial charge is 0.484 e. The van der Waals surface area contributed by atoms with E-state index in [-0.39, 0.29) is 23.8 Å². The summed E-state index contributed by atoms with van der Waals surface area (Å²) < 4.78 is 5.57. The van der Waals surface area contributed by atoms with Gasteiger partial charge in [0.15, 0.2) is 6.61 Å². The predicted molar refractivity (Wildman–Crippen MR) is 108 cm³/mol. The summed E-state index contributed by atoms with van der Waals surface area (Å²) in [7, 11) is 0. The van der Waals surface area contributed by atoms with Gasteiger partial charge in [0.25, 0.3) is 11.8 Å². The van der Waals surface area contributed by atoms with E-state index < -0.39 is 0 Å². The summed E-state index contributed by atoms with van der Waals surface area (Å²) >= 11 is 0. The molecule has 0 fully saturated rings. The van der Waals surface area contributed by atoms with Crippen molar-refractivity contribution in [2.24, 2.45) is 0 Å². The van der Waals surface area contributed by atoms with Gasteiger partial charge in [-0.25, -0.2) is 0 Å². The molecule has 5 nitrogen and oxygen atoms in total. The molecule has 2 amide bonds. The van der Waals surface area contributed by atoms with Crippen LogP contribution >= 0.6 is 0 Å². The molecule has 0 bridgehead atoms. The third-order valence-electron chi connectivity index (χ3n) is 4.64. The highest BCUT2D eigenvalue weighted by atomic mass is 16.5. The van der Waals surface area contributed by atoms with Gasteiger partial charge in [0, 0.05) is 17.8 Å². The van der Waals surface area contributed by atoms with Gasteiger partial charge in [-0.15, -0.1) is 0 Å². The normalized spacial score (nSPS) is 11.0. The van der Waals surface area contributed by atoms with Gasteiger partial charge in [0.05, 0.1) is 0 Å². The maximum Gasteiger partial charge on any atom is 0.262 e. The Balaban J connectivity index is 1.91. The van der Waals surface area contributed by atoms with Crippen molar-refractivity contribution in [1.82, 2.24) is 5.32 Å². The van der Waals surface area contributed by atoms with E-state index in [0.717, 1.165) is 6.42 Å². The number of rotatable bonds is 8. The van der Waals surface area contributed by atoms with Crippen molar-refractivity contribution in [2.75, 3.05) is 18.5 Å². The molecule has 0 spiro atoms. The minimum atomic E-state index is -0.277. The molecule has 0 aliphatic heterocycles. The summed E-state index contributed by atoms with van der Waals surface area (Å²) in [5, 5.41) is 5.48. The van der Waals surface area contributed by atoms with Crippen LogP contribution in [0, 0.1) is 0 Å². The van der Waals surface area contributed by atoms with E-state index in [2.05, 4.69) is 31.4 Å². The maximum atomic E-state index is 12.1. The van der Waals surface area contributed by atoms with E-state index in [4.69, 9.17) is 4.74 Å². The first kappa shape index (κ1) is 20.5. The summed E-state index contributed by atoms with van der Waals surface area (Å²) in [6.45, 7) is 8.88. The van der Waals surface area contributed by atoms with Crippen molar-refractivity contribution < 1.29 is 14.3 Å². The summed E-state index contributed by atoms with van der Waals surface area (Å²) in [5.74, 6) is 0.206. The lowest BCUT2D eigenvalue weighted by Gasteiger charge is -2.23. The monoisotopic (exact) mass is 368 g/mol. The van der Waals surface area contributed by atoms with Gasteiger partial charge >= 0.3 is 0 Å². The lowest BCUT2D eigenvalue weighted by atomic mass is 9.82. The van der Waals surface area contributed by atoms with Crippen molar-refractivity contribution >= 4 is 17.5 Å². The lowest BCUT2D eigenvalue weighted by molar-refractivity contribution is -0.118. The first-order valence-electron chi connectivity index (χ1n) is 9.27. The summed E-state index contributed by atoms with van der Waals surface area (Å²) in [5.41, 5.74) is 2.42. The van der Waals surface area contributed by atoms with Crippen LogP contribution in [0.3, 0.4) is 0 Å². The Morgan fingerprint density at radius 3 is 2.37 bits per heavy atom. The molecule has 27 heavy (non-hydrogen) atoms. The average Bonchev–Trinajstić information content (AvgIpc) is 2.67. The van der Waals surface area contributed by atoms with Crippen LogP contribution in [0.1, 0.15) is 50.0 Å². The van der Waals surface area contributed by atoms with Crippen LogP contribution < -0.4 is 15.4 Å². The number of anilines is 1. The Labute approximate surface area is 161 Å². The molecule has 2 aromatic carbocycles. The quantitative estimate of drug-likeness (QED) is 0.736. The van der Waals surface area contributed by atoms with Gasteiger partial charge in [-0.3, -0.25) is 9.59 Å². The molecule has 0 saturated heterocycles. The molecule has 0 aromatic heterocycles. The molecular formula is C22H28N2O3. The van der Waals surface area contributed by atoms with Crippen LogP contribution in [0.25, 0.3) is 0 Å². The highest BCUT2D eigenvalue weighted by molar-refractivity contribution is 5.97. The topological polar surface area (TPSA) is 67.4 Å². The van der Waals surface area contributed by atoms with Crippen LogP contribution in [0.15, 0.2) is 48.5 Å². The second kappa shape index (κ2) is 9.21. The molecule has 2 N–H and O–H groups in total. The fourth-order valence-electron chi connectivity index (χ4n) is 2.55. The molecule has 2 aromatic rings. The number of carbonyl (C=O) groups excluding carboxylic acids is 2. The van der Waals surface area contributed by atoms with Crippen molar-refractivity contribution in [3.8, 4) is 5.75 Å². The van der Waals surface area contributed by atoms with Crippen molar-refractivity contribution in [3.63, 3.8) is 0 Å². The summed E-state index contributed by atoms with van der Waals surface area (Å²) in [6, 6.07) is 14.7. The standard InChI is InChI=1S/C22H28N2O3/c1-5-22(3,4)17-10-12-19(13-11-17)27-15-20(25)24-18-9-7-8-16(14-18)21(26)23-6-2/h7-14H,5-6,15H2,1-4H3,(H,23,26)(H,24,25). The Kier molecular flexibility index (Phi) is 6.99. The zero-order chi connectivity index (χ0) is 19.9. The van der Waals surface area contributed by atoms with Crippen molar-refractivity contribution in [1.29, 1.82) is 0 Å². The van der Waals surface area contributed by atoms with Crippen LogP contribution in [-0.2, 0) is 10.2 Å². The highest BCUT2D eigenvalue weighted by Crippen LogP contribution is 2.28. The molecule has 2 rings (SSSR count). The maximum absolute atomic E-state index is 12.1. The minimum Gasteiger partial charge on any atom is -0.484 e. The van der Waals surface area contributed by atoms with E-state index in [1.807, 2.05) is 31.2 Å². The second-order valence-corrected chi connectivity index (χ2v) is 7.04. The number of hydrogen-bond acceptors (Lipinski definition) is 3. The average molecular weight is 368 g/mol. The second-order valence-electron chi connectivity index (χ2n) is 7.04. The highest BCUT2D eigenvalue weighted by Gasteiger charge is 2.17. The van der Waals surface area contributed by atoms with E-state index in [9.17, 15) is 9.59 Å². The van der Waals surface area contributed by atoms with Crippen LogP contribution in [0.2, 0.25) is 0 Å². The fourth-order valence-corrected chi connectivity index (χ4v) is 2.55. The minimum absolute atomic E-state index is 0.0953. The fraction of sp³-hybridized carbons (Fsp3) is 0.364. The van der Waals surface area contributed by atoms with Gasteiger partial charge in [0.2, 0.25) is 0 Å². The zero-order valence-corrected chi connectivity index (χ0v) is 16.5. The third-order valence-corrected chi connectivity index (χ3v) is 4.64. The molecule has 0 aliphatic rings. The molecule has 0 heterocycles. The Hall–Kier alpha value is -2.82. The van der Waals surface area contributed by atoms with Gasteiger partial charge in [-0.1, -0.05) is 39.0 Å². The first-order chi connectivity index (χ1) is 12.9. The summed E-state index contributed by atoms with van der Waals surface area (Å²) in [6.07, 6.45) is 1.05. The van der Waals surface area contributed by atoms with Gasteiger partial charge in [0.1, 0.15) is 5.75 Å². The summed E-state index contributed by atoms with van der Waals surface area (Å²) in [4.78, 5) is 24.0. The van der Waals surface area contributed by atoms with Gasteiger partial charge in [-0.05, 0) is 54.7 Å². The smallest absolute Gasteiger partial charge is 0.262 e. The first-order valence-corrected chi connectivity index (χ1v) is 9.27. The number of benzene rings is 2. The third kappa shape index (κ3) is 5.84. The van der Waals surface area contributed by atoms with E-state index >= 15 is 0 Å². The van der Waals surface area contributed by atoms with E-state index in [1.165, 1.54) is 5.56 Å². The number of carbonyl (C=O) groups is 2. The van der Waals surface area contributed by atoms with Gasteiger partial charge in [-0.2, -0.15) is 0 Å². The Morgan fingerprint density at radius 2 is 1.74 bits per heavy atom. The molecule has 144 valence electrons. The van der Waals surface area contributed by atoms with Gasteiger partial charge < -0.3 is 15.4 Å². The van der Waals surface area contributed by atoms with Crippen LogP contribution in [0.5, 0.6) is 5.75 Å².